The molecule has 1 aromatic carbocycles. The SMILES string of the molecule is O=[N+]1C=Cc2cncn2C=C2C=CC=C(C2)Oc2ccc3c4c2CCC(=C1)N=C4CC=C3. The fourth-order valence-electron chi connectivity index (χ4n) is 4.52. The van der Waals surface area contributed by atoms with E-state index in [2.05, 4.69) is 35.3 Å². The molecule has 0 spiro atoms. The smallest absolute Gasteiger partial charge is 0.249 e. The molecule has 6 nitrogen and oxygen atoms in total. The van der Waals surface area contributed by atoms with Crippen molar-refractivity contribution >= 4 is 24.1 Å². The summed E-state index contributed by atoms with van der Waals surface area (Å²) in [6, 6.07) is 4.15. The van der Waals surface area contributed by atoms with Gasteiger partial charge in [0.2, 0.25) is 12.4 Å². The van der Waals surface area contributed by atoms with E-state index in [1.165, 1.54) is 6.20 Å². The summed E-state index contributed by atoms with van der Waals surface area (Å²) in [6.45, 7) is 0. The summed E-state index contributed by atoms with van der Waals surface area (Å²) in [5, 5.41) is 0. The number of ether oxygens (including phenoxy) is 1. The third-order valence-corrected chi connectivity index (χ3v) is 5.99. The molecule has 2 aromatic rings. The molecule has 0 radical (unpaired) electrons. The van der Waals surface area contributed by atoms with Gasteiger partial charge in [0.25, 0.3) is 0 Å². The minimum atomic E-state index is 0.672. The first kappa shape index (κ1) is 18.7. The molecule has 0 atom stereocenters. The van der Waals surface area contributed by atoms with E-state index in [9.17, 15) is 4.91 Å². The van der Waals surface area contributed by atoms with Gasteiger partial charge in [-0.25, -0.2) is 4.98 Å². The molecule has 1 aromatic heterocycles. The van der Waals surface area contributed by atoms with Crippen LogP contribution in [-0.4, -0.2) is 20.0 Å². The Labute approximate surface area is 185 Å². The van der Waals surface area contributed by atoms with Crippen LogP contribution in [0.4, 0.5) is 0 Å². The number of nitrogens with zero attached hydrogens (tertiary/aromatic N) is 4. The number of hydrogen-bond acceptors (Lipinski definition) is 4. The molecule has 4 bridgehead atoms. The van der Waals surface area contributed by atoms with Crippen LogP contribution in [-0.2, 0) is 6.42 Å². The number of fused-ring (bicyclic) bond motifs is 5. The monoisotopic (exact) mass is 421 g/mol. The van der Waals surface area contributed by atoms with E-state index in [1.54, 1.807) is 24.8 Å². The van der Waals surface area contributed by atoms with Crippen molar-refractivity contribution in [3.05, 3.63) is 106 Å². The Balaban J connectivity index is 1.53. The van der Waals surface area contributed by atoms with Crippen molar-refractivity contribution in [2.45, 2.75) is 25.7 Å². The van der Waals surface area contributed by atoms with Gasteiger partial charge in [0.05, 0.1) is 28.7 Å². The Hall–Kier alpha value is -4.06. The minimum Gasteiger partial charge on any atom is -0.461 e. The van der Waals surface area contributed by atoms with Crippen molar-refractivity contribution < 1.29 is 9.50 Å². The fourth-order valence-corrected chi connectivity index (χ4v) is 4.52. The summed E-state index contributed by atoms with van der Waals surface area (Å²) in [5.41, 5.74) is 7.13. The normalized spacial score (nSPS) is 18.8. The quantitative estimate of drug-likeness (QED) is 0.535. The van der Waals surface area contributed by atoms with Crippen molar-refractivity contribution in [2.75, 3.05) is 0 Å². The van der Waals surface area contributed by atoms with Gasteiger partial charge >= 0.3 is 0 Å². The lowest BCUT2D eigenvalue weighted by Gasteiger charge is -2.21. The summed E-state index contributed by atoms with van der Waals surface area (Å²) < 4.78 is 9.18. The summed E-state index contributed by atoms with van der Waals surface area (Å²) >= 11 is 0. The first-order chi connectivity index (χ1) is 15.7. The molecule has 32 heavy (non-hydrogen) atoms. The first-order valence-electron chi connectivity index (χ1n) is 10.8. The number of aliphatic imine (C=N–C) groups is 1. The summed E-state index contributed by atoms with van der Waals surface area (Å²) in [7, 11) is 0. The Kier molecular flexibility index (Phi) is 4.42. The number of benzene rings is 1. The Morgan fingerprint density at radius 1 is 1.12 bits per heavy atom. The van der Waals surface area contributed by atoms with Crippen molar-refractivity contribution in [2.24, 2.45) is 4.99 Å². The lowest BCUT2D eigenvalue weighted by Crippen LogP contribution is -2.11. The van der Waals surface area contributed by atoms with E-state index in [-0.39, 0.29) is 0 Å². The number of imidazole rings is 1. The predicted octanol–water partition coefficient (Wildman–Crippen LogP) is 5.40. The Morgan fingerprint density at radius 2 is 2.09 bits per heavy atom. The minimum absolute atomic E-state index is 0.672. The predicted molar refractivity (Wildman–Crippen MR) is 125 cm³/mol. The van der Waals surface area contributed by atoms with Gasteiger partial charge < -0.3 is 9.30 Å². The van der Waals surface area contributed by atoms with Gasteiger partial charge in [-0.2, -0.15) is 0 Å². The van der Waals surface area contributed by atoms with Crippen LogP contribution in [0.5, 0.6) is 5.75 Å². The van der Waals surface area contributed by atoms with E-state index < -0.39 is 0 Å². The van der Waals surface area contributed by atoms with Gasteiger partial charge in [-0.15, -0.1) is 0 Å². The van der Waals surface area contributed by atoms with Crippen molar-refractivity contribution in [1.82, 2.24) is 9.55 Å². The number of rotatable bonds is 0. The van der Waals surface area contributed by atoms with Gasteiger partial charge in [-0.3, -0.25) is 4.99 Å². The van der Waals surface area contributed by atoms with Gasteiger partial charge in [0, 0.05) is 47.6 Å². The van der Waals surface area contributed by atoms with Gasteiger partial charge in [0.1, 0.15) is 17.2 Å². The van der Waals surface area contributed by atoms with E-state index in [0.29, 0.717) is 12.8 Å². The zero-order valence-corrected chi connectivity index (χ0v) is 17.4. The molecule has 156 valence electrons. The molecule has 2 aliphatic carbocycles. The number of nitroso groups, excluding NO2 is 1. The molecular weight excluding hydrogens is 400 g/mol. The molecule has 2 aliphatic heterocycles. The van der Waals surface area contributed by atoms with Gasteiger partial charge in [-0.1, -0.05) is 30.4 Å². The van der Waals surface area contributed by atoms with E-state index in [1.807, 2.05) is 22.9 Å². The van der Waals surface area contributed by atoms with E-state index in [4.69, 9.17) is 9.73 Å². The molecule has 6 heteroatoms. The second kappa shape index (κ2) is 7.57. The highest BCUT2D eigenvalue weighted by atomic mass is 16.5. The van der Waals surface area contributed by atoms with E-state index >= 15 is 0 Å². The number of aromatic nitrogens is 2. The van der Waals surface area contributed by atoms with Crippen molar-refractivity contribution in [1.29, 1.82) is 0 Å². The van der Waals surface area contributed by atoms with Gasteiger partial charge in [0.15, 0.2) is 0 Å². The maximum absolute atomic E-state index is 12.6. The van der Waals surface area contributed by atoms with Crippen LogP contribution in [0.15, 0.2) is 83.4 Å². The topological polar surface area (TPSA) is 59.5 Å². The molecule has 3 heterocycles. The molecule has 0 unspecified atom stereocenters. The molecule has 0 N–H and O–H groups in total. The second-order valence-corrected chi connectivity index (χ2v) is 8.17. The zero-order valence-electron chi connectivity index (χ0n) is 17.4. The van der Waals surface area contributed by atoms with E-state index in [0.717, 1.165) is 68.5 Å². The van der Waals surface area contributed by atoms with Crippen molar-refractivity contribution in [3.63, 3.8) is 0 Å². The maximum Gasteiger partial charge on any atom is 0.249 e. The summed E-state index contributed by atoms with van der Waals surface area (Å²) in [5.74, 6) is 1.76. The van der Waals surface area contributed by atoms with Crippen LogP contribution < -0.4 is 4.74 Å². The largest absolute Gasteiger partial charge is 0.461 e. The molecule has 0 amide bonds. The first-order valence-corrected chi connectivity index (χ1v) is 10.8. The van der Waals surface area contributed by atoms with Crippen LogP contribution in [0.2, 0.25) is 0 Å². The number of hydrogen-bond donors (Lipinski definition) is 0. The zero-order chi connectivity index (χ0) is 21.5. The summed E-state index contributed by atoms with van der Waals surface area (Å²) in [6.07, 6.45) is 23.5. The molecular formula is C26H21N4O2+. The fraction of sp³-hybridized carbons (Fsp3) is 0.154. The maximum atomic E-state index is 12.6. The third-order valence-electron chi connectivity index (χ3n) is 5.99. The molecule has 0 fully saturated rings. The Morgan fingerprint density at radius 3 is 3.06 bits per heavy atom. The molecule has 6 rings (SSSR count). The molecule has 0 saturated heterocycles. The van der Waals surface area contributed by atoms with Crippen LogP contribution in [0.3, 0.4) is 0 Å². The molecule has 0 saturated carbocycles. The highest BCUT2D eigenvalue weighted by Gasteiger charge is 2.25. The van der Waals surface area contributed by atoms with Crippen LogP contribution >= 0.6 is 0 Å². The second-order valence-electron chi connectivity index (χ2n) is 8.17. The summed E-state index contributed by atoms with van der Waals surface area (Å²) in [4.78, 5) is 21.7. The molecule has 4 aliphatic rings. The third kappa shape index (κ3) is 3.39. The van der Waals surface area contributed by atoms with Crippen molar-refractivity contribution in [3.8, 4) is 5.75 Å². The van der Waals surface area contributed by atoms with Crippen LogP contribution in [0.1, 0.15) is 41.6 Å². The van der Waals surface area contributed by atoms with Crippen LogP contribution in [0.25, 0.3) is 18.4 Å². The highest BCUT2D eigenvalue weighted by molar-refractivity contribution is 6.08. The average molecular weight is 421 g/mol. The van der Waals surface area contributed by atoms with Gasteiger partial charge in [-0.05, 0) is 29.7 Å². The Bertz CT molecular complexity index is 1360. The lowest BCUT2D eigenvalue weighted by atomic mass is 9.89. The standard InChI is InChI=1S/C26H21N4O2/c31-30-12-11-21-14-27-17-29(21)15-18-3-1-5-22(13-18)32-25-10-7-19-4-2-6-24-26(19)23(25)9-8-20(16-30)28-24/h1-5,7,10-12,14-17H,6,8-9,13H2/q+1. The highest BCUT2D eigenvalue weighted by Crippen LogP contribution is 2.37. The lowest BCUT2D eigenvalue weighted by molar-refractivity contribution is -0.401. The average Bonchev–Trinajstić information content (AvgIpc) is 3.14. The number of allylic oxidation sites excluding steroid dienone is 6. The van der Waals surface area contributed by atoms with Crippen LogP contribution in [0, 0.1) is 4.91 Å².